The fourth-order valence-electron chi connectivity index (χ4n) is 4.25. The first-order chi connectivity index (χ1) is 17.1. The average molecular weight is 479 g/mol. The summed E-state index contributed by atoms with van der Waals surface area (Å²) in [5.41, 5.74) is 7.40. The first-order valence-electron chi connectivity index (χ1n) is 11.7. The molecule has 0 aromatic heterocycles. The van der Waals surface area contributed by atoms with Crippen LogP contribution in [0.15, 0.2) is 113 Å². The van der Waals surface area contributed by atoms with E-state index in [-0.39, 0.29) is 6.04 Å². The van der Waals surface area contributed by atoms with Gasteiger partial charge in [-0.15, -0.1) is 0 Å². The molecule has 0 N–H and O–H groups in total. The molecule has 0 amide bonds. The Bertz CT molecular complexity index is 1360. The van der Waals surface area contributed by atoms with Gasteiger partial charge in [0, 0.05) is 43.0 Å². The van der Waals surface area contributed by atoms with E-state index in [1.807, 2.05) is 48.7 Å². The number of rotatable bonds is 6. The minimum atomic E-state index is 0.124. The molecule has 174 valence electrons. The molecule has 4 aromatic carbocycles. The van der Waals surface area contributed by atoms with Gasteiger partial charge in [0.1, 0.15) is 0 Å². The van der Waals surface area contributed by atoms with Crippen LogP contribution in [0, 0.1) is 0 Å². The fraction of sp³-hybridized carbons (Fsp3) is 0.133. The summed E-state index contributed by atoms with van der Waals surface area (Å²) in [6, 6.07) is 35.2. The number of hydrogen-bond acceptors (Lipinski definition) is 4. The van der Waals surface area contributed by atoms with E-state index < -0.39 is 0 Å². The lowest BCUT2D eigenvalue weighted by Gasteiger charge is -2.24. The van der Waals surface area contributed by atoms with E-state index in [1.54, 1.807) is 0 Å². The van der Waals surface area contributed by atoms with E-state index in [9.17, 15) is 0 Å². The van der Waals surface area contributed by atoms with Crippen molar-refractivity contribution in [3.8, 4) is 0 Å². The summed E-state index contributed by atoms with van der Waals surface area (Å²) >= 11 is 6.28. The highest BCUT2D eigenvalue weighted by Crippen LogP contribution is 2.37. The predicted octanol–water partition coefficient (Wildman–Crippen LogP) is 7.51. The van der Waals surface area contributed by atoms with Crippen molar-refractivity contribution in [2.45, 2.75) is 12.5 Å². The van der Waals surface area contributed by atoms with E-state index in [2.05, 4.69) is 89.7 Å². The molecular weight excluding hydrogens is 452 g/mol. The van der Waals surface area contributed by atoms with Crippen LogP contribution in [0.4, 0.5) is 17.1 Å². The molecule has 35 heavy (non-hydrogen) atoms. The molecule has 0 saturated carbocycles. The third-order valence-corrected chi connectivity index (χ3v) is 6.51. The van der Waals surface area contributed by atoms with E-state index >= 15 is 0 Å². The smallest absolute Gasteiger partial charge is 0.0831 e. The van der Waals surface area contributed by atoms with Gasteiger partial charge in [0.15, 0.2) is 0 Å². The topological polar surface area (TPSA) is 31.2 Å². The standard InChI is InChI=1S/C30H27ClN4/c1-34(2)26-17-15-22(16-18-26)30-20-29(33-35(30)27-12-4-3-5-13-27)23-10-8-11-25(19-23)32-21-24-9-6-7-14-28(24)31/h3-19,21,30H,20H2,1-2H3. The highest BCUT2D eigenvalue weighted by atomic mass is 35.5. The number of benzene rings is 4. The molecule has 1 heterocycles. The molecule has 1 atom stereocenters. The van der Waals surface area contributed by atoms with Crippen molar-refractivity contribution in [1.29, 1.82) is 0 Å². The molecule has 1 aliphatic heterocycles. The van der Waals surface area contributed by atoms with Crippen molar-refractivity contribution in [1.82, 2.24) is 0 Å². The van der Waals surface area contributed by atoms with Gasteiger partial charge >= 0.3 is 0 Å². The lowest BCUT2D eigenvalue weighted by atomic mass is 9.97. The monoisotopic (exact) mass is 478 g/mol. The second-order valence-corrected chi connectivity index (χ2v) is 9.17. The highest BCUT2D eigenvalue weighted by Gasteiger charge is 2.30. The number of aliphatic imine (C=N–C) groups is 1. The minimum absolute atomic E-state index is 0.124. The summed E-state index contributed by atoms with van der Waals surface area (Å²) < 4.78 is 0. The van der Waals surface area contributed by atoms with Crippen LogP contribution in [0.3, 0.4) is 0 Å². The van der Waals surface area contributed by atoms with Crippen LogP contribution >= 0.6 is 11.6 Å². The van der Waals surface area contributed by atoms with Gasteiger partial charge in [0.25, 0.3) is 0 Å². The Morgan fingerprint density at radius 1 is 0.886 bits per heavy atom. The number of halogens is 1. The van der Waals surface area contributed by atoms with Crippen molar-refractivity contribution < 1.29 is 0 Å². The maximum Gasteiger partial charge on any atom is 0.0831 e. The van der Waals surface area contributed by atoms with Gasteiger partial charge in [-0.25, -0.2) is 0 Å². The second kappa shape index (κ2) is 10.2. The van der Waals surface area contributed by atoms with Gasteiger partial charge in [-0.05, 0) is 53.6 Å². The zero-order valence-electron chi connectivity index (χ0n) is 19.8. The van der Waals surface area contributed by atoms with E-state index in [4.69, 9.17) is 16.7 Å². The van der Waals surface area contributed by atoms with Crippen LogP contribution < -0.4 is 9.91 Å². The molecule has 5 rings (SSSR count). The van der Waals surface area contributed by atoms with Crippen LogP contribution in [0.5, 0.6) is 0 Å². The number of hydrogen-bond donors (Lipinski definition) is 0. The number of para-hydroxylation sites is 1. The quantitative estimate of drug-likeness (QED) is 0.268. The fourth-order valence-corrected chi connectivity index (χ4v) is 4.43. The minimum Gasteiger partial charge on any atom is -0.378 e. The number of anilines is 2. The van der Waals surface area contributed by atoms with Gasteiger partial charge in [-0.2, -0.15) is 5.10 Å². The summed E-state index contributed by atoms with van der Waals surface area (Å²) in [6.07, 6.45) is 2.62. The Hall–Kier alpha value is -3.89. The third kappa shape index (κ3) is 5.13. The largest absolute Gasteiger partial charge is 0.378 e. The molecule has 4 aromatic rings. The Kier molecular flexibility index (Phi) is 6.64. The molecule has 0 radical (unpaired) electrons. The van der Waals surface area contributed by atoms with Gasteiger partial charge in [-0.1, -0.05) is 72.3 Å². The molecule has 1 aliphatic rings. The zero-order chi connectivity index (χ0) is 24.2. The maximum absolute atomic E-state index is 6.28. The SMILES string of the molecule is CN(C)c1ccc(C2CC(c3cccc(N=Cc4ccccc4Cl)c3)=NN2c2ccccc2)cc1. The molecule has 0 fully saturated rings. The van der Waals surface area contributed by atoms with Crippen molar-refractivity contribution in [3.63, 3.8) is 0 Å². The normalized spacial score (nSPS) is 15.5. The second-order valence-electron chi connectivity index (χ2n) is 8.76. The molecule has 0 spiro atoms. The molecule has 0 saturated heterocycles. The first kappa shape index (κ1) is 22.9. The lowest BCUT2D eigenvalue weighted by Crippen LogP contribution is -2.18. The maximum atomic E-state index is 6.28. The molecule has 1 unspecified atom stereocenters. The summed E-state index contributed by atoms with van der Waals surface area (Å²) in [4.78, 5) is 6.78. The Morgan fingerprint density at radius 3 is 2.37 bits per heavy atom. The molecule has 5 heteroatoms. The van der Waals surface area contributed by atoms with Crippen molar-refractivity contribution in [2.24, 2.45) is 10.1 Å². The predicted molar refractivity (Wildman–Crippen MR) is 149 cm³/mol. The number of nitrogens with zero attached hydrogens (tertiary/aromatic N) is 4. The molecule has 4 nitrogen and oxygen atoms in total. The summed E-state index contributed by atoms with van der Waals surface area (Å²) in [6.45, 7) is 0. The van der Waals surface area contributed by atoms with Gasteiger partial charge < -0.3 is 4.90 Å². The highest BCUT2D eigenvalue weighted by molar-refractivity contribution is 6.33. The average Bonchev–Trinajstić information content (AvgIpc) is 3.35. The Labute approximate surface area is 211 Å². The van der Waals surface area contributed by atoms with Gasteiger partial charge in [-0.3, -0.25) is 10.0 Å². The van der Waals surface area contributed by atoms with Crippen LogP contribution in [0.2, 0.25) is 5.02 Å². The van der Waals surface area contributed by atoms with Crippen molar-refractivity contribution in [2.75, 3.05) is 24.0 Å². The van der Waals surface area contributed by atoms with Crippen molar-refractivity contribution >= 4 is 40.6 Å². The zero-order valence-corrected chi connectivity index (χ0v) is 20.6. The molecular formula is C30H27ClN4. The van der Waals surface area contributed by atoms with E-state index in [1.165, 1.54) is 11.3 Å². The summed E-state index contributed by atoms with van der Waals surface area (Å²) in [5, 5.41) is 7.91. The molecule has 0 bridgehead atoms. The van der Waals surface area contributed by atoms with Crippen LogP contribution in [0.1, 0.15) is 29.2 Å². The summed E-state index contributed by atoms with van der Waals surface area (Å²) in [7, 11) is 4.12. The van der Waals surface area contributed by atoms with Crippen LogP contribution in [-0.4, -0.2) is 26.0 Å². The molecule has 0 aliphatic carbocycles. The van der Waals surface area contributed by atoms with Gasteiger partial charge in [0.2, 0.25) is 0 Å². The lowest BCUT2D eigenvalue weighted by molar-refractivity contribution is 0.709. The third-order valence-electron chi connectivity index (χ3n) is 6.16. The van der Waals surface area contributed by atoms with Crippen LogP contribution in [-0.2, 0) is 0 Å². The Morgan fingerprint density at radius 2 is 1.63 bits per heavy atom. The first-order valence-corrected chi connectivity index (χ1v) is 12.0. The van der Waals surface area contributed by atoms with E-state index in [0.717, 1.165) is 34.6 Å². The van der Waals surface area contributed by atoms with Crippen LogP contribution in [0.25, 0.3) is 0 Å². The van der Waals surface area contributed by atoms with Crippen molar-refractivity contribution in [3.05, 3.63) is 125 Å². The van der Waals surface area contributed by atoms with Gasteiger partial charge in [0.05, 0.1) is 23.1 Å². The summed E-state index contributed by atoms with van der Waals surface area (Å²) in [5.74, 6) is 0. The van der Waals surface area contributed by atoms with E-state index in [0.29, 0.717) is 5.02 Å². The number of hydrazone groups is 1. The Balaban J connectivity index is 1.46.